The Hall–Kier alpha value is -0.760. The first-order chi connectivity index (χ1) is 9.14. The molecule has 0 bridgehead atoms. The van der Waals surface area contributed by atoms with Crippen molar-refractivity contribution in [3.63, 3.8) is 0 Å². The van der Waals surface area contributed by atoms with Crippen molar-refractivity contribution in [2.45, 2.75) is 52.3 Å². The van der Waals surface area contributed by atoms with Gasteiger partial charge in [-0.1, -0.05) is 26.7 Å². The van der Waals surface area contributed by atoms with Gasteiger partial charge < -0.3 is 4.90 Å². The summed E-state index contributed by atoms with van der Waals surface area (Å²) >= 11 is 6.05. The van der Waals surface area contributed by atoms with E-state index in [9.17, 15) is 0 Å². The molecule has 3 heteroatoms. The van der Waals surface area contributed by atoms with Gasteiger partial charge in [0.05, 0.1) is 5.88 Å². The van der Waals surface area contributed by atoms with Crippen LogP contribution in [0.15, 0.2) is 12.3 Å². The monoisotopic (exact) mass is 280 g/mol. The molecule has 1 aromatic heterocycles. The molecule has 2 rings (SSSR count). The molecule has 2 nitrogen and oxygen atoms in total. The number of anilines is 1. The number of rotatable bonds is 4. The lowest BCUT2D eigenvalue weighted by atomic mass is 9.74. The van der Waals surface area contributed by atoms with Crippen LogP contribution in [0.3, 0.4) is 0 Å². The number of alkyl halides is 1. The van der Waals surface area contributed by atoms with Crippen molar-refractivity contribution < 1.29 is 0 Å². The predicted octanol–water partition coefficient (Wildman–Crippen LogP) is 4.54. The maximum absolute atomic E-state index is 6.05. The van der Waals surface area contributed by atoms with Crippen molar-refractivity contribution in [3.05, 3.63) is 23.5 Å². The normalized spacial score (nSPS) is 18.6. The second kappa shape index (κ2) is 6.13. The Morgan fingerprint density at radius 1 is 1.26 bits per heavy atom. The molecule has 1 fully saturated rings. The van der Waals surface area contributed by atoms with Crippen molar-refractivity contribution in [2.75, 3.05) is 18.0 Å². The first-order valence-corrected chi connectivity index (χ1v) is 7.94. The van der Waals surface area contributed by atoms with Gasteiger partial charge in [0.25, 0.3) is 0 Å². The molecule has 0 amide bonds. The summed E-state index contributed by atoms with van der Waals surface area (Å²) in [6, 6.07) is 2.18. The number of pyridine rings is 1. The number of aryl methyl sites for hydroxylation is 1. The summed E-state index contributed by atoms with van der Waals surface area (Å²) < 4.78 is 0. The van der Waals surface area contributed by atoms with Crippen LogP contribution >= 0.6 is 11.6 Å². The molecule has 19 heavy (non-hydrogen) atoms. The smallest absolute Gasteiger partial charge is 0.0509 e. The van der Waals surface area contributed by atoms with Crippen LogP contribution in [0, 0.1) is 12.3 Å². The largest absolute Gasteiger partial charge is 0.371 e. The molecular weight excluding hydrogens is 256 g/mol. The molecule has 0 saturated carbocycles. The Bertz CT molecular complexity index is 417. The van der Waals surface area contributed by atoms with Crippen molar-refractivity contribution in [1.82, 2.24) is 4.98 Å². The average molecular weight is 281 g/mol. The molecule has 0 atom stereocenters. The molecule has 1 aromatic rings. The number of hydrogen-bond acceptors (Lipinski definition) is 2. The van der Waals surface area contributed by atoms with Gasteiger partial charge in [0, 0.05) is 36.2 Å². The zero-order valence-electron chi connectivity index (χ0n) is 12.4. The van der Waals surface area contributed by atoms with E-state index in [1.807, 2.05) is 13.1 Å². The van der Waals surface area contributed by atoms with Crippen molar-refractivity contribution >= 4 is 17.3 Å². The number of aromatic nitrogens is 1. The molecule has 0 N–H and O–H groups in total. The summed E-state index contributed by atoms with van der Waals surface area (Å²) in [5.74, 6) is 0.547. The molecule has 2 heterocycles. The third-order valence-electron chi connectivity index (χ3n) is 4.91. The minimum Gasteiger partial charge on any atom is -0.371 e. The summed E-state index contributed by atoms with van der Waals surface area (Å²) in [7, 11) is 0. The lowest BCUT2D eigenvalue weighted by Gasteiger charge is -2.42. The number of piperidine rings is 1. The van der Waals surface area contributed by atoms with Crippen molar-refractivity contribution in [3.8, 4) is 0 Å². The standard InChI is InChI=1S/C16H25ClN2/c1-4-16(5-2)6-8-19(9-7-16)15-10-13(3)18-12-14(15)11-17/h10,12H,4-9,11H2,1-3H3. The van der Waals surface area contributed by atoms with Gasteiger partial charge in [0.1, 0.15) is 0 Å². The summed E-state index contributed by atoms with van der Waals surface area (Å²) in [5.41, 5.74) is 4.10. The first-order valence-electron chi connectivity index (χ1n) is 7.40. The Morgan fingerprint density at radius 2 is 1.89 bits per heavy atom. The van der Waals surface area contributed by atoms with E-state index in [2.05, 4.69) is 29.8 Å². The molecule has 1 aliphatic heterocycles. The van der Waals surface area contributed by atoms with Crippen LogP contribution in [0.1, 0.15) is 50.8 Å². The summed E-state index contributed by atoms with van der Waals surface area (Å²) in [6.45, 7) is 9.01. The molecule has 0 aromatic carbocycles. The molecule has 0 spiro atoms. The van der Waals surface area contributed by atoms with E-state index >= 15 is 0 Å². The highest BCUT2D eigenvalue weighted by molar-refractivity contribution is 6.17. The van der Waals surface area contributed by atoms with E-state index in [1.165, 1.54) is 31.4 Å². The van der Waals surface area contributed by atoms with Gasteiger partial charge in [-0.15, -0.1) is 11.6 Å². The SMILES string of the molecule is CCC1(CC)CCN(c2cc(C)ncc2CCl)CC1. The van der Waals surface area contributed by atoms with Crippen molar-refractivity contribution in [1.29, 1.82) is 0 Å². The van der Waals surface area contributed by atoms with E-state index < -0.39 is 0 Å². The molecule has 1 aliphatic rings. The second-order valence-corrected chi connectivity index (χ2v) is 6.05. The van der Waals surface area contributed by atoms with E-state index in [0.717, 1.165) is 24.3 Å². The molecule has 0 unspecified atom stereocenters. The minimum absolute atomic E-state index is 0.547. The van der Waals surface area contributed by atoms with Gasteiger partial charge >= 0.3 is 0 Å². The van der Waals surface area contributed by atoms with E-state index in [1.54, 1.807) is 0 Å². The number of hydrogen-bond donors (Lipinski definition) is 0. The van der Waals surface area contributed by atoms with Crippen molar-refractivity contribution in [2.24, 2.45) is 5.41 Å². The van der Waals surface area contributed by atoms with Gasteiger partial charge in [-0.05, 0) is 31.2 Å². The third-order valence-corrected chi connectivity index (χ3v) is 5.20. The molecule has 106 valence electrons. The highest BCUT2D eigenvalue weighted by Gasteiger charge is 2.31. The Labute approximate surface area is 122 Å². The van der Waals surface area contributed by atoms with Gasteiger partial charge in [0.15, 0.2) is 0 Å². The fourth-order valence-corrected chi connectivity index (χ4v) is 3.36. The van der Waals surface area contributed by atoms with Gasteiger partial charge in [-0.2, -0.15) is 0 Å². The van der Waals surface area contributed by atoms with E-state index in [0.29, 0.717) is 11.3 Å². The first kappa shape index (κ1) is 14.6. The maximum atomic E-state index is 6.05. The summed E-state index contributed by atoms with van der Waals surface area (Å²) in [6.07, 6.45) is 7.12. The minimum atomic E-state index is 0.547. The predicted molar refractivity (Wildman–Crippen MR) is 83.0 cm³/mol. The van der Waals surface area contributed by atoms with Crippen LogP contribution in [0.25, 0.3) is 0 Å². The fourth-order valence-electron chi connectivity index (χ4n) is 3.15. The summed E-state index contributed by atoms with van der Waals surface area (Å²) in [4.78, 5) is 6.85. The zero-order valence-corrected chi connectivity index (χ0v) is 13.1. The number of halogens is 1. The Balaban J connectivity index is 2.15. The van der Waals surface area contributed by atoms with Gasteiger partial charge in [-0.3, -0.25) is 4.98 Å². The lowest BCUT2D eigenvalue weighted by Crippen LogP contribution is -2.40. The van der Waals surface area contributed by atoms with Gasteiger partial charge in [-0.25, -0.2) is 0 Å². The molecular formula is C16H25ClN2. The van der Waals surface area contributed by atoms with Crippen LogP contribution in [0.2, 0.25) is 0 Å². The summed E-state index contributed by atoms with van der Waals surface area (Å²) in [5, 5.41) is 0. The second-order valence-electron chi connectivity index (χ2n) is 5.78. The van der Waals surface area contributed by atoms with Crippen LogP contribution in [0.5, 0.6) is 0 Å². The quantitative estimate of drug-likeness (QED) is 0.753. The highest BCUT2D eigenvalue weighted by Crippen LogP contribution is 2.39. The van der Waals surface area contributed by atoms with Gasteiger partial charge in [0.2, 0.25) is 0 Å². The maximum Gasteiger partial charge on any atom is 0.0509 e. The van der Waals surface area contributed by atoms with Crippen LogP contribution in [-0.2, 0) is 5.88 Å². The molecule has 1 saturated heterocycles. The van der Waals surface area contributed by atoms with Crippen LogP contribution in [0.4, 0.5) is 5.69 Å². The van der Waals surface area contributed by atoms with Crippen LogP contribution < -0.4 is 4.90 Å². The third kappa shape index (κ3) is 3.05. The zero-order chi connectivity index (χ0) is 13.9. The topological polar surface area (TPSA) is 16.1 Å². The number of nitrogens with zero attached hydrogens (tertiary/aromatic N) is 2. The highest BCUT2D eigenvalue weighted by atomic mass is 35.5. The fraction of sp³-hybridized carbons (Fsp3) is 0.688. The average Bonchev–Trinajstić information content (AvgIpc) is 2.47. The van der Waals surface area contributed by atoms with Crippen LogP contribution in [-0.4, -0.2) is 18.1 Å². The molecule has 0 radical (unpaired) electrons. The molecule has 0 aliphatic carbocycles. The van der Waals surface area contributed by atoms with E-state index in [-0.39, 0.29) is 0 Å². The lowest BCUT2D eigenvalue weighted by molar-refractivity contribution is 0.199. The Morgan fingerprint density at radius 3 is 2.42 bits per heavy atom. The van der Waals surface area contributed by atoms with E-state index in [4.69, 9.17) is 11.6 Å². The Kier molecular flexibility index (Phi) is 4.72.